The summed E-state index contributed by atoms with van der Waals surface area (Å²) in [5.41, 5.74) is -0.0186. The second-order valence-corrected chi connectivity index (χ2v) is 8.84. The standard InChI is InChI=1S/C25H29F3O4/c1-16(15-21(29)32-24(3,4)5)23(30)31-17(2)22(18-9-7-6-8-10-18)19-11-13-20(14-12-19)25(26,27)28/h6-14,16-17,22H,15H2,1-5H3/t16-,17+,22+/m1/s1. The number of alkyl halides is 3. The van der Waals surface area contributed by atoms with Gasteiger partial charge in [-0.1, -0.05) is 49.4 Å². The zero-order valence-electron chi connectivity index (χ0n) is 18.9. The maximum atomic E-state index is 13.0. The zero-order chi connectivity index (χ0) is 24.1. The number of hydrogen-bond donors (Lipinski definition) is 0. The van der Waals surface area contributed by atoms with Crippen molar-refractivity contribution in [3.63, 3.8) is 0 Å². The van der Waals surface area contributed by atoms with Gasteiger partial charge in [0.15, 0.2) is 0 Å². The summed E-state index contributed by atoms with van der Waals surface area (Å²) in [5, 5.41) is 0. The molecule has 0 aliphatic heterocycles. The van der Waals surface area contributed by atoms with E-state index in [2.05, 4.69) is 0 Å². The monoisotopic (exact) mass is 450 g/mol. The fourth-order valence-corrected chi connectivity index (χ4v) is 3.36. The van der Waals surface area contributed by atoms with Crippen LogP contribution in [0.15, 0.2) is 54.6 Å². The Morgan fingerprint density at radius 1 is 0.875 bits per heavy atom. The molecule has 4 nitrogen and oxygen atoms in total. The molecular weight excluding hydrogens is 421 g/mol. The van der Waals surface area contributed by atoms with E-state index in [1.54, 1.807) is 34.6 Å². The van der Waals surface area contributed by atoms with Crippen LogP contribution in [0.5, 0.6) is 0 Å². The Labute approximate surface area is 186 Å². The second-order valence-electron chi connectivity index (χ2n) is 8.84. The van der Waals surface area contributed by atoms with Gasteiger partial charge < -0.3 is 9.47 Å². The first-order valence-electron chi connectivity index (χ1n) is 10.4. The lowest BCUT2D eigenvalue weighted by Gasteiger charge is -2.27. The van der Waals surface area contributed by atoms with Crippen molar-refractivity contribution < 1.29 is 32.2 Å². The highest BCUT2D eigenvalue weighted by Gasteiger charge is 2.32. The normalized spacial score (nSPS) is 14.9. The number of esters is 2. The number of ether oxygens (including phenoxy) is 2. The number of carbonyl (C=O) groups is 2. The van der Waals surface area contributed by atoms with Crippen molar-refractivity contribution in [1.29, 1.82) is 0 Å². The van der Waals surface area contributed by atoms with Gasteiger partial charge in [-0.15, -0.1) is 0 Å². The van der Waals surface area contributed by atoms with Crippen LogP contribution in [0, 0.1) is 5.92 Å². The molecule has 32 heavy (non-hydrogen) atoms. The van der Waals surface area contributed by atoms with Crippen LogP contribution in [-0.2, 0) is 25.2 Å². The lowest BCUT2D eigenvalue weighted by atomic mass is 9.86. The summed E-state index contributed by atoms with van der Waals surface area (Å²) >= 11 is 0. The average molecular weight is 450 g/mol. The molecule has 7 heteroatoms. The maximum Gasteiger partial charge on any atom is 0.416 e. The molecule has 0 fully saturated rings. The number of carbonyl (C=O) groups excluding carboxylic acids is 2. The van der Waals surface area contributed by atoms with E-state index in [0.717, 1.165) is 17.7 Å². The Bertz CT molecular complexity index is 900. The minimum atomic E-state index is -4.43. The molecular formula is C25H29F3O4. The molecule has 0 spiro atoms. The fraction of sp³-hybridized carbons (Fsp3) is 0.440. The molecule has 0 unspecified atom stereocenters. The lowest BCUT2D eigenvalue weighted by Crippen LogP contribution is -2.30. The minimum absolute atomic E-state index is 0.126. The molecule has 0 aliphatic carbocycles. The van der Waals surface area contributed by atoms with E-state index >= 15 is 0 Å². The molecule has 2 rings (SSSR count). The van der Waals surface area contributed by atoms with Gasteiger partial charge in [-0.25, -0.2) is 0 Å². The quantitative estimate of drug-likeness (QED) is 0.476. The van der Waals surface area contributed by atoms with Crippen molar-refractivity contribution in [3.05, 3.63) is 71.3 Å². The van der Waals surface area contributed by atoms with Crippen molar-refractivity contribution in [2.45, 2.75) is 64.8 Å². The summed E-state index contributed by atoms with van der Waals surface area (Å²) in [4.78, 5) is 24.7. The number of hydrogen-bond acceptors (Lipinski definition) is 4. The SMILES string of the molecule is C[C@H](CC(=O)OC(C)(C)C)C(=O)O[C@@H](C)[C@@H](c1ccccc1)c1ccc(C(F)(F)F)cc1. The van der Waals surface area contributed by atoms with E-state index < -0.39 is 47.2 Å². The molecule has 174 valence electrons. The van der Waals surface area contributed by atoms with E-state index in [-0.39, 0.29) is 6.42 Å². The van der Waals surface area contributed by atoms with Gasteiger partial charge in [-0.3, -0.25) is 9.59 Å². The molecule has 2 aromatic rings. The Morgan fingerprint density at radius 3 is 1.91 bits per heavy atom. The van der Waals surface area contributed by atoms with Gasteiger partial charge in [-0.2, -0.15) is 13.2 Å². The third-order valence-electron chi connectivity index (χ3n) is 4.82. The molecule has 0 bridgehead atoms. The first-order valence-corrected chi connectivity index (χ1v) is 10.4. The summed E-state index contributed by atoms with van der Waals surface area (Å²) in [6.07, 6.45) is -5.24. The van der Waals surface area contributed by atoms with E-state index in [9.17, 15) is 22.8 Å². The Hall–Kier alpha value is -2.83. The fourth-order valence-electron chi connectivity index (χ4n) is 3.36. The molecule has 0 aromatic heterocycles. The first kappa shape index (κ1) is 25.4. The van der Waals surface area contributed by atoms with Crippen molar-refractivity contribution in [3.8, 4) is 0 Å². The second kappa shape index (κ2) is 10.2. The van der Waals surface area contributed by atoms with Crippen LogP contribution < -0.4 is 0 Å². The molecule has 0 N–H and O–H groups in total. The van der Waals surface area contributed by atoms with Crippen LogP contribution in [0.25, 0.3) is 0 Å². The van der Waals surface area contributed by atoms with Gasteiger partial charge in [0.1, 0.15) is 11.7 Å². The third kappa shape index (κ3) is 7.39. The number of benzene rings is 2. The summed E-state index contributed by atoms with van der Waals surface area (Å²) in [6, 6.07) is 13.9. The molecule has 0 saturated heterocycles. The van der Waals surface area contributed by atoms with Gasteiger partial charge in [0, 0.05) is 5.92 Å². The third-order valence-corrected chi connectivity index (χ3v) is 4.82. The Morgan fingerprint density at radius 2 is 1.41 bits per heavy atom. The van der Waals surface area contributed by atoms with Crippen LogP contribution in [0.3, 0.4) is 0 Å². The Kier molecular flexibility index (Phi) is 8.10. The maximum absolute atomic E-state index is 13.0. The molecule has 0 aliphatic rings. The first-order chi connectivity index (χ1) is 14.8. The lowest BCUT2D eigenvalue weighted by molar-refractivity contribution is -0.163. The average Bonchev–Trinajstić information content (AvgIpc) is 2.67. The highest BCUT2D eigenvalue weighted by atomic mass is 19.4. The van der Waals surface area contributed by atoms with Crippen LogP contribution >= 0.6 is 0 Å². The van der Waals surface area contributed by atoms with E-state index in [1.807, 2.05) is 30.3 Å². The largest absolute Gasteiger partial charge is 0.461 e. The molecule has 0 heterocycles. The predicted octanol–water partition coefficient (Wildman–Crippen LogP) is 6.14. The highest BCUT2D eigenvalue weighted by molar-refractivity contribution is 5.80. The molecule has 0 saturated carbocycles. The summed E-state index contributed by atoms with van der Waals surface area (Å²) < 4.78 is 49.8. The van der Waals surface area contributed by atoms with Gasteiger partial charge >= 0.3 is 18.1 Å². The minimum Gasteiger partial charge on any atom is -0.461 e. The van der Waals surface area contributed by atoms with Gasteiger partial charge in [0.25, 0.3) is 0 Å². The molecule has 0 amide bonds. The van der Waals surface area contributed by atoms with Crippen molar-refractivity contribution in [2.75, 3.05) is 0 Å². The number of halogens is 3. The molecule has 2 aromatic carbocycles. The van der Waals surface area contributed by atoms with Gasteiger partial charge in [0.05, 0.1) is 17.9 Å². The summed E-state index contributed by atoms with van der Waals surface area (Å²) in [5.74, 6) is -2.28. The smallest absolute Gasteiger partial charge is 0.416 e. The summed E-state index contributed by atoms with van der Waals surface area (Å²) in [7, 11) is 0. The van der Waals surface area contributed by atoms with Crippen molar-refractivity contribution in [2.24, 2.45) is 5.92 Å². The van der Waals surface area contributed by atoms with Gasteiger partial charge in [-0.05, 0) is 51.0 Å². The van der Waals surface area contributed by atoms with Crippen LogP contribution in [-0.4, -0.2) is 23.6 Å². The van der Waals surface area contributed by atoms with E-state index in [1.165, 1.54) is 12.1 Å². The topological polar surface area (TPSA) is 52.6 Å². The Balaban J connectivity index is 2.20. The molecule has 3 atom stereocenters. The summed E-state index contributed by atoms with van der Waals surface area (Å²) in [6.45, 7) is 8.49. The van der Waals surface area contributed by atoms with Crippen LogP contribution in [0.4, 0.5) is 13.2 Å². The van der Waals surface area contributed by atoms with E-state index in [4.69, 9.17) is 9.47 Å². The van der Waals surface area contributed by atoms with E-state index in [0.29, 0.717) is 5.56 Å². The van der Waals surface area contributed by atoms with Crippen molar-refractivity contribution >= 4 is 11.9 Å². The molecule has 0 radical (unpaired) electrons. The highest BCUT2D eigenvalue weighted by Crippen LogP contribution is 2.34. The predicted molar refractivity (Wildman–Crippen MR) is 115 cm³/mol. The van der Waals surface area contributed by atoms with Crippen LogP contribution in [0.1, 0.15) is 63.6 Å². The van der Waals surface area contributed by atoms with Crippen LogP contribution in [0.2, 0.25) is 0 Å². The van der Waals surface area contributed by atoms with Gasteiger partial charge in [0.2, 0.25) is 0 Å². The van der Waals surface area contributed by atoms with Crippen molar-refractivity contribution in [1.82, 2.24) is 0 Å². The zero-order valence-corrected chi connectivity index (χ0v) is 18.9. The number of rotatable bonds is 7.